The lowest BCUT2D eigenvalue weighted by atomic mass is 10.2. The summed E-state index contributed by atoms with van der Waals surface area (Å²) in [7, 11) is 0. The van der Waals surface area contributed by atoms with Gasteiger partial charge in [-0.2, -0.15) is 11.8 Å². The molecule has 0 bridgehead atoms. The molecule has 2 aliphatic heterocycles. The first kappa shape index (κ1) is 14.2. The molecule has 0 aromatic rings. The van der Waals surface area contributed by atoms with E-state index >= 15 is 0 Å². The Morgan fingerprint density at radius 2 is 2.11 bits per heavy atom. The molecule has 0 aromatic carbocycles. The van der Waals surface area contributed by atoms with Crippen molar-refractivity contribution in [2.75, 3.05) is 51.3 Å². The number of nitrogens with one attached hydrogen (secondary N) is 1. The fourth-order valence-corrected chi connectivity index (χ4v) is 3.56. The van der Waals surface area contributed by atoms with Crippen molar-refractivity contribution in [3.8, 4) is 0 Å². The molecule has 1 amide bonds. The standard InChI is InChI=1S/C13H25N3OS/c1-11(10-18-2)13(17)16-6-3-12(9-16)15-7-4-14-5-8-15/h11-12,14H,3-10H2,1-2H3. The predicted molar refractivity (Wildman–Crippen MR) is 77.0 cm³/mol. The molecular formula is C13H25N3OS. The number of thioether (sulfide) groups is 1. The number of likely N-dealkylation sites (tertiary alicyclic amines) is 1. The number of hydrogen-bond acceptors (Lipinski definition) is 4. The number of piperazine rings is 1. The number of nitrogens with zero attached hydrogens (tertiary/aromatic N) is 2. The van der Waals surface area contributed by atoms with Gasteiger partial charge < -0.3 is 10.2 Å². The molecule has 104 valence electrons. The molecular weight excluding hydrogens is 246 g/mol. The van der Waals surface area contributed by atoms with E-state index in [-0.39, 0.29) is 5.92 Å². The minimum atomic E-state index is 0.168. The van der Waals surface area contributed by atoms with Gasteiger partial charge in [0.1, 0.15) is 0 Å². The van der Waals surface area contributed by atoms with Gasteiger partial charge in [-0.25, -0.2) is 0 Å². The molecule has 5 heteroatoms. The van der Waals surface area contributed by atoms with Crippen LogP contribution in [-0.2, 0) is 4.79 Å². The lowest BCUT2D eigenvalue weighted by Crippen LogP contribution is -2.49. The molecule has 0 radical (unpaired) electrons. The highest BCUT2D eigenvalue weighted by atomic mass is 32.2. The van der Waals surface area contributed by atoms with Gasteiger partial charge in [0, 0.05) is 57.0 Å². The second-order valence-electron chi connectivity index (χ2n) is 5.37. The Kier molecular flexibility index (Phi) is 5.33. The zero-order valence-electron chi connectivity index (χ0n) is 11.5. The molecule has 0 saturated carbocycles. The van der Waals surface area contributed by atoms with Crippen molar-refractivity contribution in [2.45, 2.75) is 19.4 Å². The summed E-state index contributed by atoms with van der Waals surface area (Å²) in [5.41, 5.74) is 0. The van der Waals surface area contributed by atoms with Crippen molar-refractivity contribution in [3.05, 3.63) is 0 Å². The van der Waals surface area contributed by atoms with Crippen molar-refractivity contribution < 1.29 is 4.79 Å². The number of carbonyl (C=O) groups is 1. The molecule has 2 unspecified atom stereocenters. The molecule has 2 fully saturated rings. The summed E-state index contributed by atoms with van der Waals surface area (Å²) < 4.78 is 0. The Bertz CT molecular complexity index is 281. The van der Waals surface area contributed by atoms with Gasteiger partial charge in [-0.05, 0) is 12.7 Å². The molecule has 0 aromatic heterocycles. The normalized spacial score (nSPS) is 27.4. The summed E-state index contributed by atoms with van der Waals surface area (Å²) in [5.74, 6) is 1.46. The second kappa shape index (κ2) is 6.78. The lowest BCUT2D eigenvalue weighted by Gasteiger charge is -2.32. The summed E-state index contributed by atoms with van der Waals surface area (Å²) in [6, 6.07) is 0.595. The van der Waals surface area contributed by atoms with Crippen molar-refractivity contribution in [1.82, 2.24) is 15.1 Å². The van der Waals surface area contributed by atoms with Crippen LogP contribution in [0.2, 0.25) is 0 Å². The Morgan fingerprint density at radius 3 is 2.78 bits per heavy atom. The Labute approximate surface area is 114 Å². The van der Waals surface area contributed by atoms with Crippen LogP contribution in [0, 0.1) is 5.92 Å². The maximum absolute atomic E-state index is 12.2. The van der Waals surface area contributed by atoms with E-state index in [1.165, 1.54) is 0 Å². The van der Waals surface area contributed by atoms with Gasteiger partial charge >= 0.3 is 0 Å². The van der Waals surface area contributed by atoms with E-state index in [9.17, 15) is 4.79 Å². The van der Waals surface area contributed by atoms with Crippen LogP contribution in [0.4, 0.5) is 0 Å². The minimum absolute atomic E-state index is 0.168. The van der Waals surface area contributed by atoms with E-state index < -0.39 is 0 Å². The van der Waals surface area contributed by atoms with Crippen LogP contribution in [0.5, 0.6) is 0 Å². The zero-order valence-corrected chi connectivity index (χ0v) is 12.3. The van der Waals surface area contributed by atoms with Crippen LogP contribution < -0.4 is 5.32 Å². The van der Waals surface area contributed by atoms with Crippen molar-refractivity contribution >= 4 is 17.7 Å². The third-order valence-electron chi connectivity index (χ3n) is 3.98. The smallest absolute Gasteiger partial charge is 0.226 e. The van der Waals surface area contributed by atoms with Gasteiger partial charge in [-0.3, -0.25) is 9.69 Å². The summed E-state index contributed by atoms with van der Waals surface area (Å²) >= 11 is 1.76. The molecule has 2 saturated heterocycles. The summed E-state index contributed by atoms with van der Waals surface area (Å²) in [6.07, 6.45) is 3.22. The number of carbonyl (C=O) groups excluding carboxylic acids is 1. The SMILES string of the molecule is CSCC(C)C(=O)N1CCC(N2CCNCC2)C1. The van der Waals surface area contributed by atoms with Gasteiger partial charge in [0.15, 0.2) is 0 Å². The molecule has 18 heavy (non-hydrogen) atoms. The molecule has 0 aliphatic carbocycles. The predicted octanol–water partition coefficient (Wildman–Crippen LogP) is 0.492. The Morgan fingerprint density at radius 1 is 1.39 bits per heavy atom. The van der Waals surface area contributed by atoms with E-state index in [0.717, 1.165) is 51.4 Å². The van der Waals surface area contributed by atoms with Gasteiger partial charge in [-0.15, -0.1) is 0 Å². The summed E-state index contributed by atoms with van der Waals surface area (Å²) in [4.78, 5) is 16.9. The van der Waals surface area contributed by atoms with Crippen LogP contribution in [0.25, 0.3) is 0 Å². The Hall–Kier alpha value is -0.260. The molecule has 4 nitrogen and oxygen atoms in total. The van der Waals surface area contributed by atoms with E-state index in [0.29, 0.717) is 11.9 Å². The monoisotopic (exact) mass is 271 g/mol. The van der Waals surface area contributed by atoms with Crippen LogP contribution >= 0.6 is 11.8 Å². The quantitative estimate of drug-likeness (QED) is 0.807. The highest BCUT2D eigenvalue weighted by Crippen LogP contribution is 2.19. The first-order valence-electron chi connectivity index (χ1n) is 6.95. The van der Waals surface area contributed by atoms with Gasteiger partial charge in [0.25, 0.3) is 0 Å². The maximum Gasteiger partial charge on any atom is 0.226 e. The number of rotatable bonds is 4. The first-order chi connectivity index (χ1) is 8.72. The van der Waals surface area contributed by atoms with Crippen molar-refractivity contribution in [3.63, 3.8) is 0 Å². The largest absolute Gasteiger partial charge is 0.341 e. The first-order valence-corrected chi connectivity index (χ1v) is 8.34. The van der Waals surface area contributed by atoms with Crippen molar-refractivity contribution in [2.24, 2.45) is 5.92 Å². The minimum Gasteiger partial charge on any atom is -0.341 e. The Balaban J connectivity index is 1.81. The van der Waals surface area contributed by atoms with E-state index in [2.05, 4.69) is 28.3 Å². The topological polar surface area (TPSA) is 35.6 Å². The molecule has 2 heterocycles. The highest BCUT2D eigenvalue weighted by molar-refractivity contribution is 7.98. The van der Waals surface area contributed by atoms with Crippen LogP contribution in [-0.4, -0.2) is 73.0 Å². The van der Waals surface area contributed by atoms with Gasteiger partial charge in [0.05, 0.1) is 0 Å². The average molecular weight is 271 g/mol. The van der Waals surface area contributed by atoms with E-state index in [1.807, 2.05) is 0 Å². The fraction of sp³-hybridized carbons (Fsp3) is 0.923. The molecule has 2 rings (SSSR count). The molecule has 2 atom stereocenters. The van der Waals surface area contributed by atoms with E-state index in [4.69, 9.17) is 0 Å². The summed E-state index contributed by atoms with van der Waals surface area (Å²) in [5, 5.41) is 3.38. The van der Waals surface area contributed by atoms with Crippen molar-refractivity contribution in [1.29, 1.82) is 0 Å². The molecule has 0 spiro atoms. The third kappa shape index (κ3) is 3.39. The number of hydrogen-bond donors (Lipinski definition) is 1. The van der Waals surface area contributed by atoms with Gasteiger partial charge in [0.2, 0.25) is 5.91 Å². The fourth-order valence-electron chi connectivity index (χ4n) is 2.92. The van der Waals surface area contributed by atoms with E-state index in [1.54, 1.807) is 11.8 Å². The third-order valence-corrected chi connectivity index (χ3v) is 4.81. The molecule has 2 aliphatic rings. The molecule has 1 N–H and O–H groups in total. The maximum atomic E-state index is 12.2. The van der Waals surface area contributed by atoms with Crippen LogP contribution in [0.3, 0.4) is 0 Å². The lowest BCUT2D eigenvalue weighted by molar-refractivity contribution is -0.133. The number of amides is 1. The van der Waals surface area contributed by atoms with Crippen LogP contribution in [0.15, 0.2) is 0 Å². The summed E-state index contributed by atoms with van der Waals surface area (Å²) in [6.45, 7) is 8.39. The average Bonchev–Trinajstić information content (AvgIpc) is 2.89. The second-order valence-corrected chi connectivity index (χ2v) is 6.28. The van der Waals surface area contributed by atoms with Crippen LogP contribution in [0.1, 0.15) is 13.3 Å². The van der Waals surface area contributed by atoms with Gasteiger partial charge in [-0.1, -0.05) is 6.92 Å². The highest BCUT2D eigenvalue weighted by Gasteiger charge is 2.32. The zero-order chi connectivity index (χ0) is 13.0.